The number of hydrogen-bond acceptors (Lipinski definition) is 3. The summed E-state index contributed by atoms with van der Waals surface area (Å²) in [5.74, 6) is 1.48. The minimum atomic E-state index is -0.732. The van der Waals surface area contributed by atoms with E-state index < -0.39 is 5.60 Å². The summed E-state index contributed by atoms with van der Waals surface area (Å²) >= 11 is 0. The summed E-state index contributed by atoms with van der Waals surface area (Å²) in [5.41, 5.74) is 6.20. The number of ether oxygens (including phenoxy) is 1. The molecule has 0 heterocycles. The summed E-state index contributed by atoms with van der Waals surface area (Å²) in [6.45, 7) is 7.31. The van der Waals surface area contributed by atoms with Crippen molar-refractivity contribution in [2.45, 2.75) is 58.0 Å². The zero-order valence-electron chi connectivity index (χ0n) is 13.1. The monoisotopic (exact) mass is 279 g/mol. The lowest BCUT2D eigenvalue weighted by Gasteiger charge is -2.24. The van der Waals surface area contributed by atoms with Crippen LogP contribution in [0.15, 0.2) is 24.3 Å². The first-order valence-corrected chi connectivity index (χ1v) is 7.70. The van der Waals surface area contributed by atoms with Crippen LogP contribution in [0.25, 0.3) is 0 Å². The Bertz CT molecular complexity index is 371. The van der Waals surface area contributed by atoms with Gasteiger partial charge in [0.15, 0.2) is 0 Å². The first-order valence-electron chi connectivity index (χ1n) is 7.70. The van der Waals surface area contributed by atoms with Gasteiger partial charge in [0, 0.05) is 6.54 Å². The number of rotatable bonds is 9. The molecule has 0 spiro atoms. The van der Waals surface area contributed by atoms with Crippen molar-refractivity contribution >= 4 is 0 Å². The van der Waals surface area contributed by atoms with Crippen molar-refractivity contribution in [3.05, 3.63) is 29.8 Å². The van der Waals surface area contributed by atoms with Crippen LogP contribution in [0.4, 0.5) is 0 Å². The molecule has 0 aromatic heterocycles. The van der Waals surface area contributed by atoms with Crippen molar-refractivity contribution < 1.29 is 9.84 Å². The van der Waals surface area contributed by atoms with Gasteiger partial charge in [-0.3, -0.25) is 0 Å². The molecule has 0 saturated carbocycles. The van der Waals surface area contributed by atoms with E-state index in [0.717, 1.165) is 18.6 Å². The second-order valence-electron chi connectivity index (χ2n) is 5.61. The molecule has 0 amide bonds. The minimum Gasteiger partial charge on any atom is -0.494 e. The lowest BCUT2D eigenvalue weighted by molar-refractivity contribution is 0.0309. The minimum absolute atomic E-state index is 0.313. The Morgan fingerprint density at radius 1 is 1.25 bits per heavy atom. The highest BCUT2D eigenvalue weighted by Gasteiger charge is 2.21. The van der Waals surface area contributed by atoms with Gasteiger partial charge in [-0.2, -0.15) is 0 Å². The summed E-state index contributed by atoms with van der Waals surface area (Å²) in [6.07, 6.45) is 3.33. The highest BCUT2D eigenvalue weighted by atomic mass is 16.5. The van der Waals surface area contributed by atoms with Gasteiger partial charge in [-0.1, -0.05) is 32.9 Å². The van der Waals surface area contributed by atoms with Crippen LogP contribution >= 0.6 is 0 Å². The first-order chi connectivity index (χ1) is 9.54. The van der Waals surface area contributed by atoms with E-state index in [0.29, 0.717) is 31.9 Å². The summed E-state index contributed by atoms with van der Waals surface area (Å²) < 4.78 is 5.71. The lowest BCUT2D eigenvalue weighted by atomic mass is 9.95. The number of nitrogens with two attached hydrogens (primary N) is 1. The Morgan fingerprint density at radius 3 is 2.40 bits per heavy atom. The van der Waals surface area contributed by atoms with Crippen LogP contribution in [0.1, 0.15) is 57.9 Å². The van der Waals surface area contributed by atoms with E-state index in [1.54, 1.807) is 0 Å². The molecule has 0 saturated heterocycles. The molecule has 20 heavy (non-hydrogen) atoms. The predicted octanol–water partition coefficient (Wildman–Crippen LogP) is 3.46. The molecule has 3 N–H and O–H groups in total. The Kier molecular flexibility index (Phi) is 7.03. The van der Waals surface area contributed by atoms with Crippen molar-refractivity contribution in [3.8, 4) is 5.75 Å². The van der Waals surface area contributed by atoms with E-state index in [1.807, 2.05) is 19.1 Å². The Morgan fingerprint density at radius 2 is 1.90 bits per heavy atom. The van der Waals surface area contributed by atoms with E-state index in [9.17, 15) is 5.11 Å². The Labute approximate surface area is 123 Å². The van der Waals surface area contributed by atoms with Gasteiger partial charge in [0.2, 0.25) is 0 Å². The zero-order chi connectivity index (χ0) is 15.0. The van der Waals surface area contributed by atoms with Crippen molar-refractivity contribution in [3.63, 3.8) is 0 Å². The molecule has 1 rings (SSSR count). The van der Waals surface area contributed by atoms with E-state index in [4.69, 9.17) is 10.5 Å². The van der Waals surface area contributed by atoms with Crippen molar-refractivity contribution in [2.24, 2.45) is 5.73 Å². The summed E-state index contributed by atoms with van der Waals surface area (Å²) in [5, 5.41) is 10.1. The lowest BCUT2D eigenvalue weighted by Crippen LogP contribution is -2.37. The fourth-order valence-electron chi connectivity index (χ4n) is 2.14. The molecule has 3 heteroatoms. The van der Waals surface area contributed by atoms with Crippen LogP contribution in [0.5, 0.6) is 5.75 Å². The van der Waals surface area contributed by atoms with Crippen molar-refractivity contribution in [2.75, 3.05) is 13.2 Å². The van der Waals surface area contributed by atoms with Crippen LogP contribution in [0, 0.1) is 0 Å². The van der Waals surface area contributed by atoms with Gasteiger partial charge in [-0.15, -0.1) is 0 Å². The molecule has 0 fully saturated rings. The number of hydrogen-bond donors (Lipinski definition) is 2. The van der Waals surface area contributed by atoms with Gasteiger partial charge in [0.25, 0.3) is 0 Å². The van der Waals surface area contributed by atoms with E-state index >= 15 is 0 Å². The van der Waals surface area contributed by atoms with Crippen LogP contribution in [0.2, 0.25) is 0 Å². The average Bonchev–Trinajstić information content (AvgIpc) is 2.51. The first kappa shape index (κ1) is 17.0. The van der Waals surface area contributed by atoms with Gasteiger partial charge in [-0.05, 0) is 49.3 Å². The third kappa shape index (κ3) is 5.14. The van der Waals surface area contributed by atoms with Gasteiger partial charge >= 0.3 is 0 Å². The second-order valence-corrected chi connectivity index (χ2v) is 5.61. The maximum absolute atomic E-state index is 10.1. The van der Waals surface area contributed by atoms with Crippen molar-refractivity contribution in [1.82, 2.24) is 0 Å². The predicted molar refractivity (Wildman–Crippen MR) is 84.2 cm³/mol. The molecular formula is C17H29NO2. The molecule has 1 aromatic rings. The van der Waals surface area contributed by atoms with E-state index in [2.05, 4.69) is 26.0 Å². The Balaban J connectivity index is 2.36. The quantitative estimate of drug-likeness (QED) is 0.681. The fourth-order valence-corrected chi connectivity index (χ4v) is 2.14. The molecule has 0 aliphatic heterocycles. The Hall–Kier alpha value is -1.06. The van der Waals surface area contributed by atoms with Crippen LogP contribution in [-0.4, -0.2) is 23.9 Å². The van der Waals surface area contributed by atoms with E-state index in [-0.39, 0.29) is 0 Å². The molecule has 2 atom stereocenters. The maximum atomic E-state index is 10.1. The smallest absolute Gasteiger partial charge is 0.119 e. The normalized spacial score (nSPS) is 15.7. The second kappa shape index (κ2) is 8.28. The van der Waals surface area contributed by atoms with Gasteiger partial charge < -0.3 is 15.6 Å². The SMILES string of the molecule is CCC(C)c1ccc(OCCCC(O)(CC)CN)cc1. The zero-order valence-corrected chi connectivity index (χ0v) is 13.1. The molecule has 1 aromatic carbocycles. The molecule has 0 radical (unpaired) electrons. The van der Waals surface area contributed by atoms with Gasteiger partial charge in [0.1, 0.15) is 5.75 Å². The van der Waals surface area contributed by atoms with Crippen molar-refractivity contribution in [1.29, 1.82) is 0 Å². The van der Waals surface area contributed by atoms with Gasteiger partial charge in [0.05, 0.1) is 12.2 Å². The third-order valence-corrected chi connectivity index (χ3v) is 4.15. The standard InChI is InChI=1S/C17H29NO2/c1-4-14(3)15-7-9-16(10-8-15)20-12-6-11-17(19,5-2)13-18/h7-10,14,19H,4-6,11-13,18H2,1-3H3. The molecule has 3 nitrogen and oxygen atoms in total. The highest BCUT2D eigenvalue weighted by molar-refractivity contribution is 5.29. The molecule has 0 bridgehead atoms. The third-order valence-electron chi connectivity index (χ3n) is 4.15. The molecule has 0 aliphatic carbocycles. The largest absolute Gasteiger partial charge is 0.494 e. The molecular weight excluding hydrogens is 250 g/mol. The fraction of sp³-hybridized carbons (Fsp3) is 0.647. The van der Waals surface area contributed by atoms with Crippen LogP contribution in [0.3, 0.4) is 0 Å². The molecule has 0 aliphatic rings. The van der Waals surface area contributed by atoms with Crippen LogP contribution < -0.4 is 10.5 Å². The molecule has 2 unspecified atom stereocenters. The summed E-state index contributed by atoms with van der Waals surface area (Å²) in [7, 11) is 0. The average molecular weight is 279 g/mol. The number of benzene rings is 1. The topological polar surface area (TPSA) is 55.5 Å². The summed E-state index contributed by atoms with van der Waals surface area (Å²) in [4.78, 5) is 0. The molecule has 114 valence electrons. The van der Waals surface area contributed by atoms with Crippen LogP contribution in [-0.2, 0) is 0 Å². The maximum Gasteiger partial charge on any atom is 0.119 e. The van der Waals surface area contributed by atoms with Gasteiger partial charge in [-0.25, -0.2) is 0 Å². The van der Waals surface area contributed by atoms with E-state index in [1.165, 1.54) is 5.56 Å². The highest BCUT2D eigenvalue weighted by Crippen LogP contribution is 2.22. The summed E-state index contributed by atoms with van der Waals surface area (Å²) in [6, 6.07) is 8.31. The number of aliphatic hydroxyl groups is 1.